The molecular weight excluding hydrogens is 508 g/mol. The Morgan fingerprint density at radius 3 is 2.70 bits per heavy atom. The number of nitrogens with two attached hydrogens (primary N) is 1. The van der Waals surface area contributed by atoms with Crippen molar-refractivity contribution in [3.8, 4) is 6.07 Å². The van der Waals surface area contributed by atoms with Crippen molar-refractivity contribution in [1.82, 2.24) is 14.8 Å². The number of rotatable bonds is 5. The number of fused-ring (bicyclic) bond motifs is 1. The van der Waals surface area contributed by atoms with Crippen LogP contribution in [0.3, 0.4) is 0 Å². The number of halogens is 4. The van der Waals surface area contributed by atoms with Crippen LogP contribution in [0.4, 0.5) is 24.7 Å². The molecule has 1 aliphatic rings. The molecule has 2 aromatic heterocycles. The van der Waals surface area contributed by atoms with Crippen molar-refractivity contribution < 1.29 is 13.2 Å². The van der Waals surface area contributed by atoms with E-state index in [0.717, 1.165) is 24.0 Å². The molecule has 154 valence electrons. The number of anilines is 1. The van der Waals surface area contributed by atoms with Crippen LogP contribution in [0.5, 0.6) is 0 Å². The minimum absolute atomic E-state index is 0.262. The molecule has 0 amide bonds. The molecule has 1 saturated carbocycles. The SMILES string of the molecule is N#CC1(c2ccc(C(I)=Nc3cc4cnn(CCC(F)(F)F)c4cn3)c(N)c2)CC1. The fourth-order valence-corrected chi connectivity index (χ4v) is 3.97. The second-order valence-electron chi connectivity index (χ2n) is 7.23. The average Bonchev–Trinajstić information content (AvgIpc) is 3.39. The van der Waals surface area contributed by atoms with Crippen LogP contribution in [-0.2, 0) is 12.0 Å². The maximum absolute atomic E-state index is 12.5. The first kappa shape index (κ1) is 20.6. The molecule has 0 radical (unpaired) electrons. The Bertz CT molecular complexity index is 1190. The lowest BCUT2D eigenvalue weighted by atomic mass is 9.96. The van der Waals surface area contributed by atoms with Crippen LogP contribution >= 0.6 is 22.6 Å². The minimum atomic E-state index is -4.24. The zero-order valence-corrected chi connectivity index (χ0v) is 17.8. The van der Waals surface area contributed by atoms with Crippen LogP contribution in [0.25, 0.3) is 10.9 Å². The maximum Gasteiger partial charge on any atom is 0.390 e. The van der Waals surface area contributed by atoms with Crippen molar-refractivity contribution in [1.29, 1.82) is 5.26 Å². The summed E-state index contributed by atoms with van der Waals surface area (Å²) in [5.41, 5.74) is 8.49. The summed E-state index contributed by atoms with van der Waals surface area (Å²) in [6.07, 6.45) is -0.545. The monoisotopic (exact) mass is 524 g/mol. The molecule has 0 unspecified atom stereocenters. The van der Waals surface area contributed by atoms with E-state index < -0.39 is 18.0 Å². The molecule has 0 aliphatic heterocycles. The van der Waals surface area contributed by atoms with Gasteiger partial charge >= 0.3 is 6.18 Å². The van der Waals surface area contributed by atoms with Gasteiger partial charge in [0.05, 0.1) is 42.4 Å². The molecule has 4 rings (SSSR count). The topological polar surface area (TPSA) is 92.9 Å². The van der Waals surface area contributed by atoms with Gasteiger partial charge in [-0.3, -0.25) is 4.68 Å². The first-order valence-electron chi connectivity index (χ1n) is 9.15. The van der Waals surface area contributed by atoms with Crippen molar-refractivity contribution in [3.05, 3.63) is 47.8 Å². The lowest BCUT2D eigenvalue weighted by Crippen LogP contribution is -2.12. The summed E-state index contributed by atoms with van der Waals surface area (Å²) >= 11 is 2.06. The van der Waals surface area contributed by atoms with Crippen LogP contribution in [0, 0.1) is 11.3 Å². The largest absolute Gasteiger partial charge is 0.398 e. The van der Waals surface area contributed by atoms with E-state index in [2.05, 4.69) is 43.7 Å². The van der Waals surface area contributed by atoms with Gasteiger partial charge in [0.15, 0.2) is 5.82 Å². The highest BCUT2D eigenvalue weighted by atomic mass is 127. The molecule has 2 N–H and O–H groups in total. The lowest BCUT2D eigenvalue weighted by Gasteiger charge is -2.10. The van der Waals surface area contributed by atoms with Crippen LogP contribution in [0.2, 0.25) is 0 Å². The smallest absolute Gasteiger partial charge is 0.390 e. The molecule has 30 heavy (non-hydrogen) atoms. The third-order valence-corrected chi connectivity index (χ3v) is 5.95. The molecule has 1 aromatic carbocycles. The van der Waals surface area contributed by atoms with E-state index >= 15 is 0 Å². The van der Waals surface area contributed by atoms with Crippen LogP contribution in [-0.4, -0.2) is 24.7 Å². The fourth-order valence-electron chi connectivity index (χ4n) is 3.24. The zero-order valence-electron chi connectivity index (χ0n) is 15.6. The number of aliphatic imine (C=N–C) groups is 1. The molecule has 10 heteroatoms. The molecule has 3 aromatic rings. The Morgan fingerprint density at radius 1 is 1.30 bits per heavy atom. The van der Waals surface area contributed by atoms with Crippen molar-refractivity contribution in [2.75, 3.05) is 5.73 Å². The molecule has 0 atom stereocenters. The number of hydrogen-bond donors (Lipinski definition) is 1. The number of hydrogen-bond acceptors (Lipinski definition) is 5. The molecule has 0 saturated heterocycles. The van der Waals surface area contributed by atoms with Gasteiger partial charge in [-0.05, 0) is 59.2 Å². The number of alkyl halides is 3. The first-order valence-corrected chi connectivity index (χ1v) is 10.2. The molecule has 0 spiro atoms. The van der Waals surface area contributed by atoms with Gasteiger partial charge in [0.25, 0.3) is 0 Å². The maximum atomic E-state index is 12.5. The molecule has 0 bridgehead atoms. The van der Waals surface area contributed by atoms with Gasteiger partial charge in [-0.2, -0.15) is 23.5 Å². The summed E-state index contributed by atoms with van der Waals surface area (Å²) in [6, 6.07) is 9.59. The van der Waals surface area contributed by atoms with E-state index in [4.69, 9.17) is 5.73 Å². The number of pyridine rings is 1. The summed E-state index contributed by atoms with van der Waals surface area (Å²) in [4.78, 5) is 8.73. The summed E-state index contributed by atoms with van der Waals surface area (Å²) in [5.74, 6) is 0.404. The number of nitrogens with zero attached hydrogens (tertiary/aromatic N) is 5. The quantitative estimate of drug-likeness (QED) is 0.288. The Balaban J connectivity index is 1.58. The second kappa shape index (κ2) is 7.54. The van der Waals surface area contributed by atoms with Crippen molar-refractivity contribution >= 4 is 48.7 Å². The van der Waals surface area contributed by atoms with Crippen molar-refractivity contribution in [3.63, 3.8) is 0 Å². The van der Waals surface area contributed by atoms with Crippen LogP contribution in [0.1, 0.15) is 30.4 Å². The summed E-state index contributed by atoms with van der Waals surface area (Å²) < 4.78 is 39.3. The molecule has 1 fully saturated rings. The number of benzene rings is 1. The van der Waals surface area contributed by atoms with Crippen molar-refractivity contribution in [2.24, 2.45) is 4.99 Å². The molecule has 1 aliphatic carbocycles. The number of aryl methyl sites for hydroxylation is 1. The Kier molecular flexibility index (Phi) is 5.17. The van der Waals surface area contributed by atoms with E-state index in [-0.39, 0.29) is 6.54 Å². The van der Waals surface area contributed by atoms with Crippen molar-refractivity contribution in [2.45, 2.75) is 37.4 Å². The molecule has 2 heterocycles. The molecular formula is C20H16F3IN6. The summed E-state index contributed by atoms with van der Waals surface area (Å²) in [7, 11) is 0. The summed E-state index contributed by atoms with van der Waals surface area (Å²) in [5, 5.41) is 14.0. The van der Waals surface area contributed by atoms with Gasteiger partial charge in [0.2, 0.25) is 0 Å². The van der Waals surface area contributed by atoms with Crippen LogP contribution < -0.4 is 5.73 Å². The average molecular weight is 524 g/mol. The van der Waals surface area contributed by atoms with Gasteiger partial charge in [-0.15, -0.1) is 0 Å². The van der Waals surface area contributed by atoms with E-state index in [1.54, 1.807) is 6.07 Å². The molecule has 6 nitrogen and oxygen atoms in total. The predicted octanol–water partition coefficient (Wildman–Crippen LogP) is 5.03. The predicted molar refractivity (Wildman–Crippen MR) is 116 cm³/mol. The van der Waals surface area contributed by atoms with E-state index in [1.807, 2.05) is 18.2 Å². The Hall–Kier alpha value is -2.68. The van der Waals surface area contributed by atoms with Gasteiger partial charge in [-0.25, -0.2) is 9.98 Å². The van der Waals surface area contributed by atoms with Gasteiger partial charge in [-0.1, -0.05) is 6.07 Å². The number of aromatic nitrogens is 3. The van der Waals surface area contributed by atoms with E-state index in [0.29, 0.717) is 26.1 Å². The van der Waals surface area contributed by atoms with E-state index in [9.17, 15) is 18.4 Å². The normalized spacial score (nSPS) is 15.9. The van der Waals surface area contributed by atoms with Gasteiger partial charge < -0.3 is 5.73 Å². The zero-order chi connectivity index (χ0) is 21.5. The number of nitrogen functional groups attached to an aromatic ring is 1. The highest BCUT2D eigenvalue weighted by Gasteiger charge is 2.45. The highest BCUT2D eigenvalue weighted by Crippen LogP contribution is 2.48. The van der Waals surface area contributed by atoms with Gasteiger partial charge in [0.1, 0.15) is 3.72 Å². The first-order chi connectivity index (χ1) is 14.2. The highest BCUT2D eigenvalue weighted by molar-refractivity contribution is 14.1. The lowest BCUT2D eigenvalue weighted by molar-refractivity contribution is -0.137. The minimum Gasteiger partial charge on any atom is -0.398 e. The Labute approximate surface area is 183 Å². The second-order valence-corrected chi connectivity index (χ2v) is 8.25. The van der Waals surface area contributed by atoms with E-state index in [1.165, 1.54) is 17.1 Å². The third-order valence-electron chi connectivity index (χ3n) is 5.12. The number of nitriles is 1. The third kappa shape index (κ3) is 4.12. The van der Waals surface area contributed by atoms with Gasteiger partial charge in [0, 0.05) is 16.6 Å². The van der Waals surface area contributed by atoms with Crippen LogP contribution in [0.15, 0.2) is 41.7 Å². The standard InChI is InChI=1S/C20H16F3IN6/c21-20(22,23)5-6-30-16-10-27-17(7-12(16)9-28-30)29-18(24)14-2-1-13(8-15(14)26)19(11-25)3-4-19/h1-2,7-10H,3-6,26H2. The summed E-state index contributed by atoms with van der Waals surface area (Å²) in [6.45, 7) is -0.262. The Morgan fingerprint density at radius 2 is 2.07 bits per heavy atom. The fraction of sp³-hybridized carbons (Fsp3) is 0.300.